The van der Waals surface area contributed by atoms with E-state index in [1.807, 2.05) is 19.1 Å². The number of likely N-dealkylation sites (tertiary alicyclic amines) is 1. The second-order valence-electron chi connectivity index (χ2n) is 6.80. The highest BCUT2D eigenvalue weighted by Crippen LogP contribution is 2.40. The van der Waals surface area contributed by atoms with Crippen molar-refractivity contribution in [3.63, 3.8) is 0 Å². The molecule has 6 heteroatoms. The molecule has 0 aromatic heterocycles. The molecule has 1 aliphatic heterocycles. The van der Waals surface area contributed by atoms with Gasteiger partial charge in [0.05, 0.1) is 11.6 Å². The maximum Gasteiger partial charge on any atom is 0.295 e. The van der Waals surface area contributed by atoms with Gasteiger partial charge in [0.15, 0.2) is 0 Å². The quantitative estimate of drug-likeness (QED) is 0.347. The fourth-order valence-corrected chi connectivity index (χ4v) is 3.40. The highest BCUT2D eigenvalue weighted by Gasteiger charge is 2.45. The fourth-order valence-electron chi connectivity index (χ4n) is 3.40. The summed E-state index contributed by atoms with van der Waals surface area (Å²) in [5.74, 6) is -1.60. The van der Waals surface area contributed by atoms with Crippen LogP contribution < -0.4 is 0 Å². The Morgan fingerprint density at radius 1 is 1.14 bits per heavy atom. The number of ketones is 1. The summed E-state index contributed by atoms with van der Waals surface area (Å²) in [6.45, 7) is 2.66. The zero-order valence-corrected chi connectivity index (χ0v) is 15.9. The fraction of sp³-hybridized carbons (Fsp3) is 0.273. The van der Waals surface area contributed by atoms with E-state index in [9.17, 15) is 19.8 Å². The molecule has 1 fully saturated rings. The monoisotopic (exact) mass is 381 g/mol. The number of carbonyl (C=O) groups excluding carboxylic acids is 2. The first-order chi connectivity index (χ1) is 13.4. The van der Waals surface area contributed by atoms with E-state index in [0.717, 1.165) is 5.56 Å². The maximum atomic E-state index is 12.8. The normalized spacial score (nSPS) is 18.6. The predicted molar refractivity (Wildman–Crippen MR) is 105 cm³/mol. The number of aliphatic hydroxyl groups excluding tert-OH is 1. The number of phenolic OH excluding ortho intramolecular Hbond substituents is 1. The molecule has 1 amide bonds. The van der Waals surface area contributed by atoms with Crippen LogP contribution in [-0.2, 0) is 14.3 Å². The van der Waals surface area contributed by atoms with Crippen molar-refractivity contribution in [2.45, 2.75) is 19.4 Å². The van der Waals surface area contributed by atoms with Crippen LogP contribution in [-0.4, -0.2) is 47.1 Å². The number of aliphatic hydroxyl groups is 1. The molecule has 1 atom stereocenters. The molecule has 28 heavy (non-hydrogen) atoms. The minimum atomic E-state index is -0.773. The van der Waals surface area contributed by atoms with Gasteiger partial charge in [-0.15, -0.1) is 0 Å². The molecule has 0 saturated carbocycles. The van der Waals surface area contributed by atoms with Crippen molar-refractivity contribution in [3.8, 4) is 5.75 Å². The van der Waals surface area contributed by atoms with Crippen LogP contribution in [0.1, 0.15) is 29.2 Å². The van der Waals surface area contributed by atoms with Gasteiger partial charge in [0.2, 0.25) is 0 Å². The average molecular weight is 381 g/mol. The van der Waals surface area contributed by atoms with E-state index in [2.05, 4.69) is 0 Å². The summed E-state index contributed by atoms with van der Waals surface area (Å²) in [6, 6.07) is 12.7. The number of hydrogen-bond acceptors (Lipinski definition) is 5. The largest absolute Gasteiger partial charge is 0.508 e. The van der Waals surface area contributed by atoms with Gasteiger partial charge in [0, 0.05) is 25.8 Å². The first kappa shape index (κ1) is 19.6. The van der Waals surface area contributed by atoms with Crippen LogP contribution in [0.5, 0.6) is 5.75 Å². The van der Waals surface area contributed by atoms with Crippen LogP contribution in [0.15, 0.2) is 54.1 Å². The van der Waals surface area contributed by atoms with Gasteiger partial charge in [0.25, 0.3) is 11.7 Å². The number of hydrogen-bond donors (Lipinski definition) is 2. The van der Waals surface area contributed by atoms with Gasteiger partial charge in [-0.3, -0.25) is 9.59 Å². The number of rotatable bonds is 6. The number of benzene rings is 2. The number of Topliss-reactive ketones (excluding diaryl/α,β-unsaturated/α-hetero) is 1. The summed E-state index contributed by atoms with van der Waals surface area (Å²) < 4.78 is 5.05. The second kappa shape index (κ2) is 8.27. The molecule has 1 heterocycles. The molecule has 3 rings (SSSR count). The molecule has 2 N–H and O–H groups in total. The number of aryl methyl sites for hydroxylation is 1. The SMILES string of the molecule is COCCCN1C(=O)C(=O)/C(=C(/O)c2ccc(C)cc2)C1c1cccc(O)c1. The van der Waals surface area contributed by atoms with E-state index in [0.29, 0.717) is 30.7 Å². The van der Waals surface area contributed by atoms with Gasteiger partial charge in [-0.2, -0.15) is 0 Å². The van der Waals surface area contributed by atoms with Crippen LogP contribution >= 0.6 is 0 Å². The lowest BCUT2D eigenvalue weighted by Gasteiger charge is -2.25. The Morgan fingerprint density at radius 2 is 1.86 bits per heavy atom. The van der Waals surface area contributed by atoms with E-state index >= 15 is 0 Å². The predicted octanol–water partition coefficient (Wildman–Crippen LogP) is 3.16. The van der Waals surface area contributed by atoms with Crippen molar-refractivity contribution in [2.24, 2.45) is 0 Å². The minimum Gasteiger partial charge on any atom is -0.508 e. The Kier molecular flexibility index (Phi) is 5.80. The number of carbonyl (C=O) groups is 2. The Bertz CT molecular complexity index is 917. The van der Waals surface area contributed by atoms with E-state index in [1.165, 1.54) is 17.0 Å². The van der Waals surface area contributed by atoms with Crippen LogP contribution in [0.2, 0.25) is 0 Å². The third-order valence-corrected chi connectivity index (χ3v) is 4.80. The molecule has 1 aliphatic rings. The third-order valence-electron chi connectivity index (χ3n) is 4.80. The van der Waals surface area contributed by atoms with E-state index < -0.39 is 17.7 Å². The Morgan fingerprint density at radius 3 is 2.50 bits per heavy atom. The summed E-state index contributed by atoms with van der Waals surface area (Å²) in [5, 5.41) is 20.8. The molecule has 2 aromatic carbocycles. The summed E-state index contributed by atoms with van der Waals surface area (Å²) in [5.41, 5.74) is 2.06. The standard InChI is InChI=1S/C22H23NO5/c1-14-7-9-15(10-8-14)20(25)18-19(16-5-3-6-17(24)13-16)23(11-4-12-28-2)22(27)21(18)26/h3,5-10,13,19,24-25H,4,11-12H2,1-2H3/b20-18+. The number of nitrogens with zero attached hydrogens (tertiary/aromatic N) is 1. The minimum absolute atomic E-state index is 0.0234. The number of amides is 1. The molecular weight excluding hydrogens is 358 g/mol. The van der Waals surface area contributed by atoms with Gasteiger partial charge < -0.3 is 19.8 Å². The van der Waals surface area contributed by atoms with Crippen LogP contribution in [0.25, 0.3) is 5.76 Å². The zero-order chi connectivity index (χ0) is 20.3. The summed E-state index contributed by atoms with van der Waals surface area (Å²) in [7, 11) is 1.57. The molecule has 0 aliphatic carbocycles. The van der Waals surface area contributed by atoms with Crippen molar-refractivity contribution in [2.75, 3.05) is 20.3 Å². The van der Waals surface area contributed by atoms with Crippen molar-refractivity contribution in [3.05, 3.63) is 70.8 Å². The van der Waals surface area contributed by atoms with Gasteiger partial charge in [-0.25, -0.2) is 0 Å². The lowest BCUT2D eigenvalue weighted by atomic mass is 9.95. The molecule has 0 bridgehead atoms. The van der Waals surface area contributed by atoms with Crippen molar-refractivity contribution in [1.82, 2.24) is 4.90 Å². The highest BCUT2D eigenvalue weighted by atomic mass is 16.5. The summed E-state index contributed by atoms with van der Waals surface area (Å²) in [6.07, 6.45) is 0.545. The van der Waals surface area contributed by atoms with E-state index in [-0.39, 0.29) is 17.1 Å². The average Bonchev–Trinajstić information content (AvgIpc) is 2.93. The maximum absolute atomic E-state index is 12.8. The number of methoxy groups -OCH3 is 1. The molecule has 2 aromatic rings. The number of aromatic hydroxyl groups is 1. The van der Waals surface area contributed by atoms with Gasteiger partial charge in [-0.05, 0) is 31.0 Å². The highest BCUT2D eigenvalue weighted by molar-refractivity contribution is 6.46. The zero-order valence-electron chi connectivity index (χ0n) is 15.9. The topological polar surface area (TPSA) is 87.1 Å². The Balaban J connectivity index is 2.12. The molecule has 1 saturated heterocycles. The second-order valence-corrected chi connectivity index (χ2v) is 6.80. The van der Waals surface area contributed by atoms with Gasteiger partial charge in [0.1, 0.15) is 11.5 Å². The van der Waals surface area contributed by atoms with Crippen molar-refractivity contribution < 1.29 is 24.5 Å². The lowest BCUT2D eigenvalue weighted by Crippen LogP contribution is -2.31. The number of phenols is 1. The van der Waals surface area contributed by atoms with Crippen molar-refractivity contribution in [1.29, 1.82) is 0 Å². The Hall–Kier alpha value is -3.12. The first-order valence-corrected chi connectivity index (χ1v) is 9.07. The summed E-state index contributed by atoms with van der Waals surface area (Å²) >= 11 is 0. The molecule has 1 unspecified atom stereocenters. The van der Waals surface area contributed by atoms with Gasteiger partial charge >= 0.3 is 0 Å². The van der Waals surface area contributed by atoms with Crippen LogP contribution in [0.3, 0.4) is 0 Å². The van der Waals surface area contributed by atoms with Gasteiger partial charge in [-0.1, -0.05) is 42.0 Å². The van der Waals surface area contributed by atoms with Crippen molar-refractivity contribution >= 4 is 17.4 Å². The lowest BCUT2D eigenvalue weighted by molar-refractivity contribution is -0.140. The van der Waals surface area contributed by atoms with E-state index in [4.69, 9.17) is 4.74 Å². The molecular formula is C22H23NO5. The smallest absolute Gasteiger partial charge is 0.295 e. The molecule has 146 valence electrons. The number of ether oxygens (including phenoxy) is 1. The first-order valence-electron chi connectivity index (χ1n) is 9.07. The molecule has 0 spiro atoms. The van der Waals surface area contributed by atoms with Crippen LogP contribution in [0, 0.1) is 6.92 Å². The summed E-state index contributed by atoms with van der Waals surface area (Å²) in [4.78, 5) is 26.9. The van der Waals surface area contributed by atoms with E-state index in [1.54, 1.807) is 31.4 Å². The van der Waals surface area contributed by atoms with Crippen LogP contribution in [0.4, 0.5) is 0 Å². The molecule has 6 nitrogen and oxygen atoms in total. The Labute approximate surface area is 163 Å². The molecule has 0 radical (unpaired) electrons. The third kappa shape index (κ3) is 3.77.